The lowest BCUT2D eigenvalue weighted by Gasteiger charge is -2.14. The number of halogens is 5. The van der Waals surface area contributed by atoms with Crippen LogP contribution in [0.5, 0.6) is 0 Å². The minimum Gasteiger partial charge on any atom is -0.292 e. The summed E-state index contributed by atoms with van der Waals surface area (Å²) in [5.41, 5.74) is -3.82. The lowest BCUT2D eigenvalue weighted by Crippen LogP contribution is -2.41. The van der Waals surface area contributed by atoms with Crippen molar-refractivity contribution in [3.63, 3.8) is 0 Å². The first-order valence-corrected chi connectivity index (χ1v) is 8.59. The van der Waals surface area contributed by atoms with Crippen LogP contribution in [-0.4, -0.2) is 13.5 Å². The van der Waals surface area contributed by atoms with Crippen LogP contribution in [-0.2, 0) is 18.6 Å². The molecule has 0 saturated carbocycles. The van der Waals surface area contributed by atoms with E-state index in [4.69, 9.17) is 0 Å². The zero-order valence-electron chi connectivity index (χ0n) is 12.4. The zero-order valence-corrected chi connectivity index (χ0v) is 14.8. The van der Waals surface area contributed by atoms with E-state index >= 15 is 0 Å². The molecule has 132 valence electrons. The van der Waals surface area contributed by atoms with Gasteiger partial charge in [-0.2, -0.15) is 17.5 Å². The third-order valence-electron chi connectivity index (χ3n) is 3.59. The Morgan fingerprint density at radius 3 is 2.52 bits per heavy atom. The summed E-state index contributed by atoms with van der Waals surface area (Å²) in [4.78, 5) is 24.4. The summed E-state index contributed by atoms with van der Waals surface area (Å²) in [6.07, 6.45) is -4.88. The molecule has 0 N–H and O–H groups in total. The molecule has 0 aliphatic rings. The van der Waals surface area contributed by atoms with E-state index in [1.54, 1.807) is 0 Å². The number of hydrogen-bond acceptors (Lipinski definition) is 4. The summed E-state index contributed by atoms with van der Waals surface area (Å²) < 4.78 is 58.3. The van der Waals surface area contributed by atoms with Gasteiger partial charge in [0.2, 0.25) is 0 Å². The fourth-order valence-electron chi connectivity index (χ4n) is 2.39. The third kappa shape index (κ3) is 2.91. The van der Waals surface area contributed by atoms with Crippen molar-refractivity contribution in [2.75, 3.05) is 0 Å². The molecule has 0 fully saturated rings. The Kier molecular flexibility index (Phi) is 4.31. The Bertz CT molecular complexity index is 1100. The summed E-state index contributed by atoms with van der Waals surface area (Å²) in [5.74, 6) is -0.906. The Hall–Kier alpha value is -2.01. The molecule has 25 heavy (non-hydrogen) atoms. The minimum absolute atomic E-state index is 0.266. The van der Waals surface area contributed by atoms with Gasteiger partial charge >= 0.3 is 11.9 Å². The molecule has 0 aliphatic heterocycles. The highest BCUT2D eigenvalue weighted by Gasteiger charge is 2.35. The van der Waals surface area contributed by atoms with E-state index in [0.717, 1.165) is 24.6 Å². The first-order valence-electron chi connectivity index (χ1n) is 6.69. The fraction of sp³-hybridized carbons (Fsp3) is 0.214. The van der Waals surface area contributed by atoms with E-state index < -0.39 is 34.6 Å². The molecule has 3 rings (SSSR count). The van der Waals surface area contributed by atoms with Crippen molar-refractivity contribution in [3.05, 3.63) is 56.2 Å². The lowest BCUT2D eigenvalue weighted by atomic mass is 10.2. The molecule has 0 saturated heterocycles. The molecule has 11 heteroatoms. The normalized spacial score (nSPS) is 12.1. The van der Waals surface area contributed by atoms with Gasteiger partial charge in [-0.3, -0.25) is 9.36 Å². The summed E-state index contributed by atoms with van der Waals surface area (Å²) in [5, 5.41) is 0.866. The van der Waals surface area contributed by atoms with Crippen LogP contribution >= 0.6 is 27.5 Å². The van der Waals surface area contributed by atoms with Crippen molar-refractivity contribution < 1.29 is 17.6 Å². The second-order valence-electron chi connectivity index (χ2n) is 5.11. The second-order valence-corrected chi connectivity index (χ2v) is 6.47. The zero-order chi connectivity index (χ0) is 18.5. The van der Waals surface area contributed by atoms with Crippen LogP contribution < -0.4 is 11.2 Å². The summed E-state index contributed by atoms with van der Waals surface area (Å²) in [7, 11) is 0.869. The predicted octanol–water partition coefficient (Wildman–Crippen LogP) is 3.20. The fourth-order valence-corrected chi connectivity index (χ4v) is 3.78. The van der Waals surface area contributed by atoms with E-state index in [2.05, 4.69) is 20.3 Å². The molecule has 0 aliphatic carbocycles. The largest absolute Gasteiger partial charge is 0.431 e. The predicted molar refractivity (Wildman–Crippen MR) is 88.0 cm³/mol. The van der Waals surface area contributed by atoms with Gasteiger partial charge in [0.1, 0.15) is 11.5 Å². The Morgan fingerprint density at radius 2 is 1.92 bits per heavy atom. The Morgan fingerprint density at radius 1 is 1.24 bits per heavy atom. The molecule has 1 aromatic carbocycles. The van der Waals surface area contributed by atoms with Crippen molar-refractivity contribution in [1.29, 1.82) is 0 Å². The Balaban J connectivity index is 2.36. The standard InChI is InChI=1S/C14H8BrF4N3O2S/c1-21-11(14(17,18)19)4-12(23)22(13(21)24)9-2-6-8(5-15)20-25-10(6)3-7(9)16/h2-4H,5H2,1H3. The SMILES string of the molecule is Cn1c(C(F)(F)F)cc(=O)n(-c2cc3c(CBr)nsc3cc2F)c1=O. The van der Waals surface area contributed by atoms with Crippen molar-refractivity contribution in [2.24, 2.45) is 7.05 Å². The number of fused-ring (bicyclic) bond motifs is 1. The molecule has 0 atom stereocenters. The molecular formula is C14H8BrF4N3O2S. The first kappa shape index (κ1) is 17.8. The molecule has 5 nitrogen and oxygen atoms in total. The van der Waals surface area contributed by atoms with Gasteiger partial charge in [-0.05, 0) is 23.7 Å². The second kappa shape index (κ2) is 6.06. The van der Waals surface area contributed by atoms with E-state index in [9.17, 15) is 27.2 Å². The third-order valence-corrected chi connectivity index (χ3v) is 4.97. The molecule has 0 amide bonds. The number of rotatable bonds is 2. The van der Waals surface area contributed by atoms with Crippen molar-refractivity contribution in [1.82, 2.24) is 13.5 Å². The topological polar surface area (TPSA) is 56.9 Å². The van der Waals surface area contributed by atoms with Gasteiger partial charge in [-0.25, -0.2) is 13.8 Å². The summed E-state index contributed by atoms with van der Waals surface area (Å²) >= 11 is 4.25. The van der Waals surface area contributed by atoms with E-state index in [1.165, 1.54) is 6.07 Å². The highest BCUT2D eigenvalue weighted by molar-refractivity contribution is 9.08. The highest BCUT2D eigenvalue weighted by atomic mass is 79.9. The van der Waals surface area contributed by atoms with Gasteiger partial charge < -0.3 is 0 Å². The minimum atomic E-state index is -4.88. The van der Waals surface area contributed by atoms with Gasteiger partial charge in [0.15, 0.2) is 0 Å². The van der Waals surface area contributed by atoms with Crippen LogP contribution in [0.3, 0.4) is 0 Å². The maximum Gasteiger partial charge on any atom is 0.431 e. The quantitative estimate of drug-likeness (QED) is 0.456. The first-order chi connectivity index (χ1) is 11.6. The molecule has 0 radical (unpaired) electrons. The molecule has 0 bridgehead atoms. The number of nitrogens with zero attached hydrogens (tertiary/aromatic N) is 3. The number of hydrogen-bond donors (Lipinski definition) is 0. The number of benzene rings is 1. The van der Waals surface area contributed by atoms with E-state index in [1.807, 2.05) is 0 Å². The van der Waals surface area contributed by atoms with Gasteiger partial charge in [0, 0.05) is 23.8 Å². The summed E-state index contributed by atoms with van der Waals surface area (Å²) in [6.45, 7) is 0. The molecular weight excluding hydrogens is 430 g/mol. The molecule has 0 unspecified atom stereocenters. The van der Waals surface area contributed by atoms with Crippen LogP contribution in [0.1, 0.15) is 11.4 Å². The molecule has 0 spiro atoms. The van der Waals surface area contributed by atoms with Crippen LogP contribution in [0.4, 0.5) is 17.6 Å². The smallest absolute Gasteiger partial charge is 0.292 e. The maximum atomic E-state index is 14.4. The Labute approximate surface area is 149 Å². The lowest BCUT2D eigenvalue weighted by molar-refractivity contribution is -0.144. The van der Waals surface area contributed by atoms with Gasteiger partial charge in [-0.15, -0.1) is 0 Å². The van der Waals surface area contributed by atoms with E-state index in [-0.39, 0.29) is 10.6 Å². The van der Waals surface area contributed by atoms with Gasteiger partial charge in [-0.1, -0.05) is 15.9 Å². The molecule has 3 aromatic rings. The van der Waals surface area contributed by atoms with Crippen LogP contribution in [0.25, 0.3) is 15.8 Å². The van der Waals surface area contributed by atoms with E-state index in [0.29, 0.717) is 25.7 Å². The van der Waals surface area contributed by atoms with Crippen molar-refractivity contribution >= 4 is 37.5 Å². The van der Waals surface area contributed by atoms with Crippen LogP contribution in [0, 0.1) is 5.82 Å². The number of aromatic nitrogens is 3. The van der Waals surface area contributed by atoms with Crippen molar-refractivity contribution in [3.8, 4) is 5.69 Å². The molecule has 2 aromatic heterocycles. The van der Waals surface area contributed by atoms with Crippen LogP contribution in [0.15, 0.2) is 27.8 Å². The highest BCUT2D eigenvalue weighted by Crippen LogP contribution is 2.29. The number of alkyl halides is 4. The van der Waals surface area contributed by atoms with Gasteiger partial charge in [0.05, 0.1) is 16.1 Å². The monoisotopic (exact) mass is 437 g/mol. The van der Waals surface area contributed by atoms with Gasteiger partial charge in [0.25, 0.3) is 5.56 Å². The van der Waals surface area contributed by atoms with Crippen molar-refractivity contribution in [2.45, 2.75) is 11.5 Å². The van der Waals surface area contributed by atoms with Crippen LogP contribution in [0.2, 0.25) is 0 Å². The average Bonchev–Trinajstić information content (AvgIpc) is 2.91. The summed E-state index contributed by atoms with van der Waals surface area (Å²) in [6, 6.07) is 2.60. The molecule has 2 heterocycles. The maximum absolute atomic E-state index is 14.4. The average molecular weight is 438 g/mol.